The number of unbranched alkanes of at least 4 members (excludes halogenated alkanes) is 2. The average Bonchev–Trinajstić information content (AvgIpc) is 3.11. The second-order valence-corrected chi connectivity index (χ2v) is 11.1. The molecular weight excluding hydrogens is 620 g/mol. The van der Waals surface area contributed by atoms with E-state index in [9.17, 15) is 19.8 Å². The van der Waals surface area contributed by atoms with Crippen molar-refractivity contribution in [1.29, 1.82) is 0 Å². The summed E-state index contributed by atoms with van der Waals surface area (Å²) in [5.41, 5.74) is 2.61. The zero-order valence-corrected chi connectivity index (χ0v) is 28.7. The molecule has 2 rings (SSSR count). The number of aliphatic hydroxyl groups is 2. The highest BCUT2D eigenvalue weighted by atomic mass is 16.5. The summed E-state index contributed by atoms with van der Waals surface area (Å²) in [6.07, 6.45) is 3.00. The number of carbonyl (C=O) groups excluding carboxylic acids is 2. The molecule has 0 bridgehead atoms. The largest absolute Gasteiger partial charge is 0.491 e. The number of hydrogen-bond donors (Lipinski definition) is 4. The summed E-state index contributed by atoms with van der Waals surface area (Å²) in [4.78, 5) is 24.2. The summed E-state index contributed by atoms with van der Waals surface area (Å²) in [6, 6.07) is 16.2. The lowest BCUT2D eigenvalue weighted by molar-refractivity contribution is -0.146. The van der Waals surface area contributed by atoms with Gasteiger partial charge in [-0.3, -0.25) is 9.59 Å². The number of ether oxygens (including phenoxy) is 6. The lowest BCUT2D eigenvalue weighted by Crippen LogP contribution is -2.50. The van der Waals surface area contributed by atoms with Gasteiger partial charge in [-0.2, -0.15) is 0 Å². The molecule has 0 aromatic heterocycles. The second-order valence-electron chi connectivity index (χ2n) is 11.1. The molecule has 48 heavy (non-hydrogen) atoms. The highest BCUT2D eigenvalue weighted by Gasteiger charge is 2.29. The van der Waals surface area contributed by atoms with Crippen LogP contribution in [0.4, 0.5) is 0 Å². The third-order valence-corrected chi connectivity index (χ3v) is 7.15. The van der Waals surface area contributed by atoms with Gasteiger partial charge < -0.3 is 49.3 Å². The Morgan fingerprint density at radius 2 is 0.875 bits per heavy atom. The second kappa shape index (κ2) is 26.7. The summed E-state index contributed by atoms with van der Waals surface area (Å²) >= 11 is 0. The summed E-state index contributed by atoms with van der Waals surface area (Å²) in [6.45, 7) is 7.89. The van der Waals surface area contributed by atoms with Gasteiger partial charge in [0.1, 0.15) is 24.7 Å². The number of hydrogen-bond acceptors (Lipinski definition) is 10. The molecule has 0 radical (unpaired) electrons. The molecule has 4 N–H and O–H groups in total. The molecule has 2 atom stereocenters. The molecule has 12 heteroatoms. The molecule has 270 valence electrons. The molecule has 0 spiro atoms. The summed E-state index contributed by atoms with van der Waals surface area (Å²) in [7, 11) is 0. The molecule has 0 heterocycles. The highest BCUT2D eigenvalue weighted by molar-refractivity contribution is 5.90. The SMILES string of the molecule is CCCCc1ccc(OCCOCCOCCNC(=O)C(O)C(O)C(=O)NCCOCCOCCOc2ccc(CCCC)cc2)cc1. The number of nitrogens with one attached hydrogen (secondary N) is 2. The molecule has 2 aromatic rings. The zero-order chi connectivity index (χ0) is 34.7. The van der Waals surface area contributed by atoms with Gasteiger partial charge in [-0.1, -0.05) is 51.0 Å². The Hall–Kier alpha value is -3.26. The fraction of sp³-hybridized carbons (Fsp3) is 0.611. The molecule has 0 saturated heterocycles. The smallest absolute Gasteiger partial charge is 0.252 e. The minimum absolute atomic E-state index is 0.0931. The van der Waals surface area contributed by atoms with Crippen LogP contribution in [0.2, 0.25) is 0 Å². The van der Waals surface area contributed by atoms with Crippen LogP contribution in [-0.2, 0) is 41.4 Å². The molecule has 0 aliphatic rings. The van der Waals surface area contributed by atoms with Crippen LogP contribution in [0.1, 0.15) is 50.7 Å². The van der Waals surface area contributed by atoms with Crippen LogP contribution in [-0.4, -0.2) is 113 Å². The number of carbonyl (C=O) groups is 2. The highest BCUT2D eigenvalue weighted by Crippen LogP contribution is 2.15. The van der Waals surface area contributed by atoms with Crippen molar-refractivity contribution in [3.63, 3.8) is 0 Å². The maximum atomic E-state index is 12.1. The van der Waals surface area contributed by atoms with E-state index >= 15 is 0 Å². The van der Waals surface area contributed by atoms with E-state index in [1.54, 1.807) is 0 Å². The van der Waals surface area contributed by atoms with Crippen LogP contribution in [0.3, 0.4) is 0 Å². The fourth-order valence-corrected chi connectivity index (χ4v) is 4.34. The van der Waals surface area contributed by atoms with Crippen LogP contribution in [0.25, 0.3) is 0 Å². The van der Waals surface area contributed by atoms with Crippen LogP contribution in [0, 0.1) is 0 Å². The molecular formula is C36H56N2O10. The standard InChI is InChI=1S/C36H56N2O10/c1-3-5-7-29-9-13-31(14-10-29)47-27-25-45-23-21-43-19-17-37-35(41)33(39)34(40)36(42)38-18-20-44-22-24-46-26-28-48-32-15-11-30(12-16-32)8-6-4-2/h9-16,33-34,39-40H,3-8,17-28H2,1-2H3,(H,37,41)(H,38,42). The fourth-order valence-electron chi connectivity index (χ4n) is 4.34. The van der Waals surface area contributed by atoms with Crippen molar-refractivity contribution in [3.05, 3.63) is 59.7 Å². The predicted octanol–water partition coefficient (Wildman–Crippen LogP) is 2.85. The lowest BCUT2D eigenvalue weighted by Gasteiger charge is -2.17. The van der Waals surface area contributed by atoms with Crippen molar-refractivity contribution >= 4 is 11.8 Å². The predicted molar refractivity (Wildman–Crippen MR) is 182 cm³/mol. The van der Waals surface area contributed by atoms with Gasteiger partial charge in [0.25, 0.3) is 11.8 Å². The van der Waals surface area contributed by atoms with Crippen molar-refractivity contribution in [1.82, 2.24) is 10.6 Å². The topological polar surface area (TPSA) is 154 Å². The van der Waals surface area contributed by atoms with Gasteiger partial charge in [0.15, 0.2) is 12.2 Å². The van der Waals surface area contributed by atoms with E-state index in [4.69, 9.17) is 28.4 Å². The van der Waals surface area contributed by atoms with E-state index in [0.717, 1.165) is 24.3 Å². The maximum Gasteiger partial charge on any atom is 0.252 e. The Morgan fingerprint density at radius 3 is 1.23 bits per heavy atom. The van der Waals surface area contributed by atoms with Crippen LogP contribution in [0.5, 0.6) is 11.5 Å². The number of rotatable bonds is 29. The van der Waals surface area contributed by atoms with Crippen LogP contribution < -0.4 is 20.1 Å². The number of benzene rings is 2. The van der Waals surface area contributed by atoms with E-state index in [1.165, 1.54) is 36.8 Å². The quantitative estimate of drug-likeness (QED) is 0.0947. The first-order chi connectivity index (χ1) is 23.4. The monoisotopic (exact) mass is 676 g/mol. The van der Waals surface area contributed by atoms with Crippen LogP contribution in [0.15, 0.2) is 48.5 Å². The van der Waals surface area contributed by atoms with Crippen LogP contribution >= 0.6 is 0 Å². The van der Waals surface area contributed by atoms with E-state index < -0.39 is 24.0 Å². The number of aliphatic hydroxyl groups excluding tert-OH is 2. The first kappa shape index (κ1) is 40.9. The third-order valence-electron chi connectivity index (χ3n) is 7.15. The molecule has 0 aliphatic heterocycles. The molecule has 0 fully saturated rings. The number of amides is 2. The van der Waals surface area contributed by atoms with Gasteiger partial charge >= 0.3 is 0 Å². The first-order valence-electron chi connectivity index (χ1n) is 17.1. The van der Waals surface area contributed by atoms with Crippen molar-refractivity contribution in [2.45, 2.75) is 64.6 Å². The Morgan fingerprint density at radius 1 is 0.542 bits per heavy atom. The van der Waals surface area contributed by atoms with Crippen molar-refractivity contribution in [3.8, 4) is 11.5 Å². The normalized spacial score (nSPS) is 12.3. The summed E-state index contributed by atoms with van der Waals surface area (Å²) in [5.74, 6) is -0.151. The summed E-state index contributed by atoms with van der Waals surface area (Å²) < 4.78 is 33.1. The average molecular weight is 677 g/mol. The minimum atomic E-state index is -1.92. The molecule has 0 saturated carbocycles. The van der Waals surface area contributed by atoms with Gasteiger partial charge in [-0.05, 0) is 61.1 Å². The van der Waals surface area contributed by atoms with Gasteiger partial charge in [0.05, 0.1) is 52.9 Å². The molecule has 0 aliphatic carbocycles. The minimum Gasteiger partial charge on any atom is -0.491 e. The van der Waals surface area contributed by atoms with E-state index in [2.05, 4.69) is 48.7 Å². The number of aryl methyl sites for hydroxylation is 2. The van der Waals surface area contributed by atoms with Gasteiger partial charge in [-0.25, -0.2) is 0 Å². The van der Waals surface area contributed by atoms with Crippen molar-refractivity contribution in [2.75, 3.05) is 79.2 Å². The molecule has 12 nitrogen and oxygen atoms in total. The Balaban J connectivity index is 1.38. The Bertz CT molecular complexity index is 1010. The Labute approximate surface area is 285 Å². The Kier molecular flexibility index (Phi) is 22.7. The van der Waals surface area contributed by atoms with Gasteiger partial charge in [0.2, 0.25) is 0 Å². The first-order valence-corrected chi connectivity index (χ1v) is 17.1. The lowest BCUT2D eigenvalue weighted by atomic mass is 10.1. The molecule has 2 aromatic carbocycles. The third kappa shape index (κ3) is 18.9. The van der Waals surface area contributed by atoms with Crippen molar-refractivity contribution in [2.24, 2.45) is 0 Å². The van der Waals surface area contributed by atoms with E-state index in [1.807, 2.05) is 24.3 Å². The van der Waals surface area contributed by atoms with E-state index in [-0.39, 0.29) is 26.3 Å². The van der Waals surface area contributed by atoms with E-state index in [0.29, 0.717) is 52.9 Å². The zero-order valence-electron chi connectivity index (χ0n) is 28.7. The molecule has 2 unspecified atom stereocenters. The van der Waals surface area contributed by atoms with Gasteiger partial charge in [-0.15, -0.1) is 0 Å². The summed E-state index contributed by atoms with van der Waals surface area (Å²) in [5, 5.41) is 24.9. The molecule has 2 amide bonds. The van der Waals surface area contributed by atoms with Gasteiger partial charge in [0, 0.05) is 13.1 Å². The maximum absolute atomic E-state index is 12.1. The van der Waals surface area contributed by atoms with Crippen molar-refractivity contribution < 1.29 is 48.2 Å².